The van der Waals surface area contributed by atoms with Crippen LogP contribution in [0.5, 0.6) is 0 Å². The van der Waals surface area contributed by atoms with Crippen molar-refractivity contribution < 1.29 is 22.6 Å². The first-order chi connectivity index (χ1) is 13.1. The van der Waals surface area contributed by atoms with Crippen molar-refractivity contribution >= 4 is 0 Å². The molecular weight excluding hydrogens is 353 g/mol. The van der Waals surface area contributed by atoms with E-state index in [-0.39, 0.29) is 12.2 Å². The highest BCUT2D eigenvalue weighted by Crippen LogP contribution is 2.39. The molecule has 1 saturated heterocycles. The van der Waals surface area contributed by atoms with Crippen LogP contribution in [0.1, 0.15) is 75.3 Å². The molecule has 1 aromatic rings. The zero-order valence-electron chi connectivity index (χ0n) is 16.2. The van der Waals surface area contributed by atoms with E-state index in [9.17, 15) is 13.2 Å². The Labute approximate surface area is 160 Å². The molecule has 1 heterocycles. The molecule has 0 N–H and O–H groups in total. The third kappa shape index (κ3) is 5.26. The predicted octanol–water partition coefficient (Wildman–Crippen LogP) is 6.28. The molecule has 0 amide bonds. The molecule has 2 nitrogen and oxygen atoms in total. The van der Waals surface area contributed by atoms with Crippen LogP contribution in [0.25, 0.3) is 0 Å². The molecule has 1 saturated carbocycles. The van der Waals surface area contributed by atoms with Gasteiger partial charge in [0.05, 0.1) is 18.8 Å². The van der Waals surface area contributed by atoms with Crippen LogP contribution >= 0.6 is 0 Å². The van der Waals surface area contributed by atoms with Crippen LogP contribution in [0.4, 0.5) is 13.2 Å². The van der Waals surface area contributed by atoms with Gasteiger partial charge >= 0.3 is 0 Å². The maximum absolute atomic E-state index is 13.9. The summed E-state index contributed by atoms with van der Waals surface area (Å²) < 4.78 is 52.4. The predicted molar refractivity (Wildman–Crippen MR) is 99.2 cm³/mol. The lowest BCUT2D eigenvalue weighted by Gasteiger charge is -2.37. The van der Waals surface area contributed by atoms with Gasteiger partial charge in [-0.25, -0.2) is 13.2 Å². The second kappa shape index (κ2) is 9.92. The summed E-state index contributed by atoms with van der Waals surface area (Å²) in [4.78, 5) is 0. The first-order valence-electron chi connectivity index (χ1n) is 10.4. The fourth-order valence-electron chi connectivity index (χ4n) is 4.39. The van der Waals surface area contributed by atoms with E-state index in [1.807, 2.05) is 0 Å². The van der Waals surface area contributed by atoms with E-state index in [1.54, 1.807) is 0 Å². The van der Waals surface area contributed by atoms with Gasteiger partial charge in [0.1, 0.15) is 18.3 Å². The van der Waals surface area contributed by atoms with Gasteiger partial charge in [0.2, 0.25) is 0 Å². The molecule has 3 rings (SSSR count). The fraction of sp³-hybridized carbons (Fsp3) is 0.727. The third-order valence-electron chi connectivity index (χ3n) is 6.13. The Morgan fingerprint density at radius 3 is 2.15 bits per heavy atom. The van der Waals surface area contributed by atoms with Gasteiger partial charge in [-0.15, -0.1) is 0 Å². The minimum atomic E-state index is -1.11. The molecule has 1 aliphatic carbocycles. The summed E-state index contributed by atoms with van der Waals surface area (Å²) in [6.07, 6.45) is 8.28. The maximum Gasteiger partial charge on any atom is 0.160 e. The van der Waals surface area contributed by atoms with Gasteiger partial charge in [-0.2, -0.15) is 0 Å². The van der Waals surface area contributed by atoms with Crippen molar-refractivity contribution in [2.75, 3.05) is 13.2 Å². The van der Waals surface area contributed by atoms with E-state index < -0.39 is 23.9 Å². The number of halogens is 3. The van der Waals surface area contributed by atoms with Gasteiger partial charge in [-0.05, 0) is 55.7 Å². The average Bonchev–Trinajstić information content (AvgIpc) is 2.69. The number of rotatable bonds is 7. The normalized spacial score (nSPS) is 29.0. The van der Waals surface area contributed by atoms with Crippen LogP contribution in [0.3, 0.4) is 0 Å². The van der Waals surface area contributed by atoms with Crippen molar-refractivity contribution in [3.05, 3.63) is 34.9 Å². The van der Waals surface area contributed by atoms with E-state index >= 15 is 0 Å². The molecule has 2 fully saturated rings. The molecule has 5 heteroatoms. The van der Waals surface area contributed by atoms with E-state index in [0.29, 0.717) is 17.4 Å². The van der Waals surface area contributed by atoms with Gasteiger partial charge in [0.15, 0.2) is 6.29 Å². The lowest BCUT2D eigenvalue weighted by molar-refractivity contribution is -0.229. The summed E-state index contributed by atoms with van der Waals surface area (Å²) in [5.74, 6) is -0.587. The monoisotopic (exact) mass is 384 g/mol. The Morgan fingerprint density at radius 1 is 0.963 bits per heavy atom. The van der Waals surface area contributed by atoms with Crippen LogP contribution in [0, 0.1) is 23.5 Å². The standard InChI is InChI=1S/C22H31F3O2/c1-2-3-4-5-15-13-26-22(27-14-15)17-8-6-16(7-9-17)18-10-20(24)19(12-23)21(25)11-18/h10-11,15-17,22H,2-9,12-14H2,1H3. The van der Waals surface area contributed by atoms with Crippen molar-refractivity contribution in [3.8, 4) is 0 Å². The molecule has 0 spiro atoms. The van der Waals surface area contributed by atoms with Crippen LogP contribution in [-0.4, -0.2) is 19.5 Å². The number of benzene rings is 1. The molecule has 152 valence electrons. The molecule has 0 bridgehead atoms. The smallest absolute Gasteiger partial charge is 0.160 e. The van der Waals surface area contributed by atoms with Gasteiger partial charge < -0.3 is 9.47 Å². The van der Waals surface area contributed by atoms with Crippen LogP contribution in [0.15, 0.2) is 12.1 Å². The first kappa shape index (κ1) is 20.7. The molecule has 27 heavy (non-hydrogen) atoms. The zero-order valence-corrected chi connectivity index (χ0v) is 16.2. The topological polar surface area (TPSA) is 18.5 Å². The Bertz CT molecular complexity index is 568. The van der Waals surface area contributed by atoms with Crippen LogP contribution in [-0.2, 0) is 16.1 Å². The fourth-order valence-corrected chi connectivity index (χ4v) is 4.39. The van der Waals surface area contributed by atoms with Gasteiger partial charge in [-0.3, -0.25) is 0 Å². The van der Waals surface area contributed by atoms with Crippen molar-refractivity contribution in [2.24, 2.45) is 11.8 Å². The Balaban J connectivity index is 1.47. The van der Waals surface area contributed by atoms with Crippen molar-refractivity contribution in [2.45, 2.75) is 77.2 Å². The molecule has 0 atom stereocenters. The van der Waals surface area contributed by atoms with Crippen molar-refractivity contribution in [3.63, 3.8) is 0 Å². The number of alkyl halides is 1. The average molecular weight is 384 g/mol. The lowest BCUT2D eigenvalue weighted by atomic mass is 9.78. The highest BCUT2D eigenvalue weighted by molar-refractivity contribution is 5.28. The SMILES string of the molecule is CCCCCC1COC(C2CCC(c3cc(F)c(CF)c(F)c3)CC2)OC1. The number of unbranched alkanes of at least 4 members (excludes halogenated alkanes) is 2. The quantitative estimate of drug-likeness (QED) is 0.515. The van der Waals surface area contributed by atoms with Gasteiger partial charge in [0, 0.05) is 11.8 Å². The third-order valence-corrected chi connectivity index (χ3v) is 6.13. The van der Waals surface area contributed by atoms with Gasteiger partial charge in [0.25, 0.3) is 0 Å². The lowest BCUT2D eigenvalue weighted by Crippen LogP contribution is -2.38. The second-order valence-electron chi connectivity index (χ2n) is 8.11. The molecule has 1 aromatic carbocycles. The van der Waals surface area contributed by atoms with Crippen molar-refractivity contribution in [1.29, 1.82) is 0 Å². The second-order valence-corrected chi connectivity index (χ2v) is 8.11. The molecule has 2 aliphatic rings. The van der Waals surface area contributed by atoms with Crippen LogP contribution < -0.4 is 0 Å². The van der Waals surface area contributed by atoms with E-state index in [1.165, 1.54) is 37.8 Å². The van der Waals surface area contributed by atoms with E-state index in [4.69, 9.17) is 9.47 Å². The largest absolute Gasteiger partial charge is 0.352 e. The zero-order chi connectivity index (χ0) is 19.2. The number of hydrogen-bond donors (Lipinski definition) is 0. The summed E-state index contributed by atoms with van der Waals surface area (Å²) in [6.45, 7) is 2.64. The number of hydrogen-bond acceptors (Lipinski definition) is 2. The summed E-state index contributed by atoms with van der Waals surface area (Å²) >= 11 is 0. The Kier molecular flexibility index (Phi) is 7.59. The van der Waals surface area contributed by atoms with E-state index in [2.05, 4.69) is 6.92 Å². The van der Waals surface area contributed by atoms with Crippen molar-refractivity contribution in [1.82, 2.24) is 0 Å². The first-order valence-corrected chi connectivity index (χ1v) is 10.4. The summed E-state index contributed by atoms with van der Waals surface area (Å²) in [7, 11) is 0. The molecule has 1 aliphatic heterocycles. The van der Waals surface area contributed by atoms with E-state index in [0.717, 1.165) is 38.9 Å². The minimum absolute atomic E-state index is 0.115. The molecule has 0 radical (unpaired) electrons. The van der Waals surface area contributed by atoms with Gasteiger partial charge in [-0.1, -0.05) is 26.2 Å². The summed E-state index contributed by atoms with van der Waals surface area (Å²) in [6, 6.07) is 2.61. The summed E-state index contributed by atoms with van der Waals surface area (Å²) in [5.41, 5.74) is 0.173. The molecular formula is C22H31F3O2. The minimum Gasteiger partial charge on any atom is -0.352 e. The highest BCUT2D eigenvalue weighted by Gasteiger charge is 2.33. The number of ether oxygens (including phenoxy) is 2. The highest BCUT2D eigenvalue weighted by atomic mass is 19.1. The van der Waals surface area contributed by atoms with Crippen LogP contribution in [0.2, 0.25) is 0 Å². The molecule has 0 aromatic heterocycles. The summed E-state index contributed by atoms with van der Waals surface area (Å²) in [5, 5.41) is 0. The molecule has 0 unspecified atom stereocenters. The Morgan fingerprint density at radius 2 is 1.59 bits per heavy atom. The maximum atomic E-state index is 13.9. The Hall–Kier alpha value is -1.07.